The fourth-order valence-corrected chi connectivity index (χ4v) is 3.01. The maximum atomic E-state index is 12.4. The van der Waals surface area contributed by atoms with E-state index in [0.29, 0.717) is 23.9 Å². The monoisotopic (exact) mass is 336 g/mol. The summed E-state index contributed by atoms with van der Waals surface area (Å²) < 4.78 is 10.7. The standard InChI is InChI=1S/C15H16N2O5S/c1-9-11(16-14(22-9)10-2-5-23-8-10)6-13(18)17-3-4-21-12(7-17)15(19)20/h2,5,8,12H,3-4,6-7H2,1H3,(H,19,20). The van der Waals surface area contributed by atoms with Gasteiger partial charge >= 0.3 is 5.97 Å². The summed E-state index contributed by atoms with van der Waals surface area (Å²) in [6.07, 6.45) is -0.876. The summed E-state index contributed by atoms with van der Waals surface area (Å²) in [7, 11) is 0. The molecular weight excluding hydrogens is 320 g/mol. The maximum Gasteiger partial charge on any atom is 0.334 e. The Kier molecular flexibility index (Phi) is 4.44. The fraction of sp³-hybridized carbons (Fsp3) is 0.400. The minimum atomic E-state index is -1.06. The van der Waals surface area contributed by atoms with E-state index in [0.717, 1.165) is 5.56 Å². The number of rotatable bonds is 4. The zero-order valence-corrected chi connectivity index (χ0v) is 13.3. The average Bonchev–Trinajstić information content (AvgIpc) is 3.18. The molecule has 2 aromatic heterocycles. The van der Waals surface area contributed by atoms with Crippen molar-refractivity contribution in [1.29, 1.82) is 0 Å². The molecule has 1 aliphatic heterocycles. The van der Waals surface area contributed by atoms with E-state index in [2.05, 4.69) is 4.98 Å². The van der Waals surface area contributed by atoms with Crippen molar-refractivity contribution in [2.24, 2.45) is 0 Å². The number of nitrogens with zero attached hydrogens (tertiary/aromatic N) is 2. The number of aliphatic carboxylic acids is 1. The second-order valence-electron chi connectivity index (χ2n) is 5.25. The van der Waals surface area contributed by atoms with Crippen LogP contribution in [0.5, 0.6) is 0 Å². The van der Waals surface area contributed by atoms with Gasteiger partial charge in [0.25, 0.3) is 0 Å². The largest absolute Gasteiger partial charge is 0.479 e. The van der Waals surface area contributed by atoms with E-state index < -0.39 is 12.1 Å². The highest BCUT2D eigenvalue weighted by Gasteiger charge is 2.29. The van der Waals surface area contributed by atoms with Gasteiger partial charge in [-0.05, 0) is 18.4 Å². The SMILES string of the molecule is Cc1oc(-c2ccsc2)nc1CC(=O)N1CCOC(C(=O)O)C1. The Balaban J connectivity index is 1.69. The topological polar surface area (TPSA) is 92.9 Å². The van der Waals surface area contributed by atoms with Crippen molar-refractivity contribution in [2.45, 2.75) is 19.4 Å². The van der Waals surface area contributed by atoms with E-state index in [1.807, 2.05) is 16.8 Å². The van der Waals surface area contributed by atoms with Gasteiger partial charge in [0.15, 0.2) is 6.10 Å². The predicted molar refractivity (Wildman–Crippen MR) is 82.2 cm³/mol. The third-order valence-corrected chi connectivity index (χ3v) is 4.36. The molecule has 1 atom stereocenters. The number of carboxylic acid groups (broad SMARTS) is 1. The van der Waals surface area contributed by atoms with Crippen molar-refractivity contribution in [1.82, 2.24) is 9.88 Å². The van der Waals surface area contributed by atoms with Crippen molar-refractivity contribution in [3.8, 4) is 11.5 Å². The van der Waals surface area contributed by atoms with Gasteiger partial charge in [-0.3, -0.25) is 4.79 Å². The molecular formula is C15H16N2O5S. The lowest BCUT2D eigenvalue weighted by atomic mass is 10.2. The normalized spacial score (nSPS) is 18.1. The summed E-state index contributed by atoms with van der Waals surface area (Å²) in [5.41, 5.74) is 1.46. The number of carboxylic acids is 1. The highest BCUT2D eigenvalue weighted by molar-refractivity contribution is 7.08. The first kappa shape index (κ1) is 15.7. The fourth-order valence-electron chi connectivity index (χ4n) is 2.38. The number of aryl methyl sites for hydroxylation is 1. The van der Waals surface area contributed by atoms with Crippen LogP contribution in [0.3, 0.4) is 0 Å². The molecule has 0 spiro atoms. The molecule has 1 amide bonds. The number of oxazole rings is 1. The third kappa shape index (κ3) is 3.43. The molecule has 1 fully saturated rings. The van der Waals surface area contributed by atoms with Crippen LogP contribution in [0.2, 0.25) is 0 Å². The molecule has 122 valence electrons. The van der Waals surface area contributed by atoms with Crippen LogP contribution in [-0.4, -0.2) is 52.7 Å². The molecule has 1 unspecified atom stereocenters. The van der Waals surface area contributed by atoms with Crippen molar-refractivity contribution in [3.63, 3.8) is 0 Å². The zero-order valence-electron chi connectivity index (χ0n) is 12.5. The molecule has 1 N–H and O–H groups in total. The van der Waals surface area contributed by atoms with Crippen LogP contribution in [0.15, 0.2) is 21.2 Å². The van der Waals surface area contributed by atoms with Crippen molar-refractivity contribution in [2.75, 3.05) is 19.7 Å². The Morgan fingerprint density at radius 1 is 1.52 bits per heavy atom. The number of thiophene rings is 1. The lowest BCUT2D eigenvalue weighted by Crippen LogP contribution is -2.49. The van der Waals surface area contributed by atoms with E-state index >= 15 is 0 Å². The van der Waals surface area contributed by atoms with Gasteiger partial charge in [-0.1, -0.05) is 0 Å². The maximum absolute atomic E-state index is 12.4. The molecule has 0 radical (unpaired) electrons. The van der Waals surface area contributed by atoms with Gasteiger partial charge in [0, 0.05) is 17.5 Å². The van der Waals surface area contributed by atoms with Gasteiger partial charge in [0.05, 0.1) is 25.3 Å². The summed E-state index contributed by atoms with van der Waals surface area (Å²) in [4.78, 5) is 29.2. The van der Waals surface area contributed by atoms with E-state index in [1.165, 1.54) is 4.90 Å². The van der Waals surface area contributed by atoms with Crippen LogP contribution >= 0.6 is 11.3 Å². The van der Waals surface area contributed by atoms with Gasteiger partial charge in [0.1, 0.15) is 5.76 Å². The minimum absolute atomic E-state index is 0.0580. The second kappa shape index (κ2) is 6.51. The van der Waals surface area contributed by atoms with Crippen LogP contribution in [0.25, 0.3) is 11.5 Å². The summed E-state index contributed by atoms with van der Waals surface area (Å²) >= 11 is 1.54. The first-order valence-electron chi connectivity index (χ1n) is 7.15. The van der Waals surface area contributed by atoms with Crippen molar-refractivity contribution >= 4 is 23.2 Å². The molecule has 2 aromatic rings. The van der Waals surface area contributed by atoms with Gasteiger partial charge in [-0.2, -0.15) is 11.3 Å². The highest BCUT2D eigenvalue weighted by Crippen LogP contribution is 2.24. The summed E-state index contributed by atoms with van der Waals surface area (Å²) in [5.74, 6) is -0.132. The lowest BCUT2D eigenvalue weighted by Gasteiger charge is -2.30. The molecule has 3 rings (SSSR count). The number of carbonyl (C=O) groups is 2. The number of hydrogen-bond donors (Lipinski definition) is 1. The van der Waals surface area contributed by atoms with Crippen molar-refractivity contribution < 1.29 is 23.8 Å². The summed E-state index contributed by atoms with van der Waals surface area (Å²) in [5, 5.41) is 12.8. The Bertz CT molecular complexity index is 710. The van der Waals surface area contributed by atoms with Crippen LogP contribution in [0, 0.1) is 6.92 Å². The van der Waals surface area contributed by atoms with E-state index in [4.69, 9.17) is 14.3 Å². The Hall–Kier alpha value is -2.19. The molecule has 0 bridgehead atoms. The summed E-state index contributed by atoms with van der Waals surface area (Å²) in [6, 6.07) is 1.90. The Morgan fingerprint density at radius 2 is 2.35 bits per heavy atom. The Labute approximate surface area is 136 Å². The van der Waals surface area contributed by atoms with E-state index in [9.17, 15) is 9.59 Å². The van der Waals surface area contributed by atoms with E-state index in [-0.39, 0.29) is 25.5 Å². The number of amides is 1. The molecule has 23 heavy (non-hydrogen) atoms. The van der Waals surface area contributed by atoms with Gasteiger partial charge < -0.3 is 19.2 Å². The molecule has 0 saturated carbocycles. The molecule has 1 aliphatic rings. The Morgan fingerprint density at radius 3 is 3.04 bits per heavy atom. The first-order chi connectivity index (χ1) is 11.0. The van der Waals surface area contributed by atoms with Gasteiger partial charge in [-0.15, -0.1) is 0 Å². The van der Waals surface area contributed by atoms with Crippen LogP contribution in [-0.2, 0) is 20.7 Å². The number of hydrogen-bond acceptors (Lipinski definition) is 6. The molecule has 3 heterocycles. The molecule has 8 heteroatoms. The van der Waals surface area contributed by atoms with Gasteiger partial charge in [-0.25, -0.2) is 9.78 Å². The predicted octanol–water partition coefficient (Wildman–Crippen LogP) is 1.57. The average molecular weight is 336 g/mol. The first-order valence-corrected chi connectivity index (χ1v) is 8.10. The molecule has 0 aliphatic carbocycles. The second-order valence-corrected chi connectivity index (χ2v) is 6.03. The summed E-state index contributed by atoms with van der Waals surface area (Å²) in [6.45, 7) is 2.44. The third-order valence-electron chi connectivity index (χ3n) is 3.67. The van der Waals surface area contributed by atoms with E-state index in [1.54, 1.807) is 18.3 Å². The number of ether oxygens (including phenoxy) is 1. The molecule has 0 aromatic carbocycles. The number of morpholine rings is 1. The number of aromatic nitrogens is 1. The lowest BCUT2D eigenvalue weighted by molar-refractivity contribution is -0.159. The van der Waals surface area contributed by atoms with Crippen LogP contribution in [0.1, 0.15) is 11.5 Å². The molecule has 1 saturated heterocycles. The van der Waals surface area contributed by atoms with Crippen LogP contribution in [0.4, 0.5) is 0 Å². The minimum Gasteiger partial charge on any atom is -0.479 e. The highest BCUT2D eigenvalue weighted by atomic mass is 32.1. The van der Waals surface area contributed by atoms with Crippen LogP contribution < -0.4 is 0 Å². The number of carbonyl (C=O) groups excluding carboxylic acids is 1. The zero-order chi connectivity index (χ0) is 16.4. The van der Waals surface area contributed by atoms with Crippen molar-refractivity contribution in [3.05, 3.63) is 28.3 Å². The quantitative estimate of drug-likeness (QED) is 0.911. The smallest absolute Gasteiger partial charge is 0.334 e. The van der Waals surface area contributed by atoms with Gasteiger partial charge in [0.2, 0.25) is 11.8 Å². The molecule has 7 nitrogen and oxygen atoms in total.